The highest BCUT2D eigenvalue weighted by atomic mass is 35.5. The van der Waals surface area contributed by atoms with Crippen molar-refractivity contribution in [2.24, 2.45) is 5.92 Å². The average molecular weight is 394 g/mol. The maximum Gasteiger partial charge on any atom is 0.121 e. The summed E-state index contributed by atoms with van der Waals surface area (Å²) in [5, 5.41) is 4.68. The molecule has 0 saturated carbocycles. The third-order valence-electron chi connectivity index (χ3n) is 4.78. The van der Waals surface area contributed by atoms with Gasteiger partial charge in [-0.05, 0) is 37.8 Å². The van der Waals surface area contributed by atoms with Crippen LogP contribution < -0.4 is 10.1 Å². The lowest BCUT2D eigenvalue weighted by Crippen LogP contribution is -2.37. The van der Waals surface area contributed by atoms with Gasteiger partial charge < -0.3 is 15.0 Å². The number of aromatic nitrogens is 1. The molecule has 0 aliphatic carbocycles. The molecule has 1 atom stereocenters. The SMILES string of the molecule is CCCC(C)N(CCCNc1cc(OC)cc2cccnc12)CC(C)C.Cl. The molecule has 0 fully saturated rings. The molecule has 5 heteroatoms. The Morgan fingerprint density at radius 1 is 1.22 bits per heavy atom. The van der Waals surface area contributed by atoms with Crippen molar-refractivity contribution in [2.45, 2.75) is 53.0 Å². The monoisotopic (exact) mass is 393 g/mol. The Balaban J connectivity index is 0.00000364. The maximum absolute atomic E-state index is 5.43. The molecule has 0 saturated heterocycles. The van der Waals surface area contributed by atoms with Crippen molar-refractivity contribution in [3.63, 3.8) is 0 Å². The standard InChI is InChI=1S/C22H35N3O.ClH/c1-6-9-18(4)25(16-17(2)3)13-8-12-23-21-15-20(26-5)14-19-10-7-11-24-22(19)21;/h7,10-11,14-15,17-18,23H,6,8-9,12-13,16H2,1-5H3;1H. The number of anilines is 1. The largest absolute Gasteiger partial charge is 0.497 e. The van der Waals surface area contributed by atoms with Gasteiger partial charge in [-0.15, -0.1) is 12.4 Å². The molecule has 0 amide bonds. The predicted molar refractivity (Wildman–Crippen MR) is 119 cm³/mol. The number of rotatable bonds is 11. The molecule has 2 aromatic rings. The van der Waals surface area contributed by atoms with E-state index in [1.165, 1.54) is 19.4 Å². The van der Waals surface area contributed by atoms with Gasteiger partial charge in [-0.3, -0.25) is 4.98 Å². The van der Waals surface area contributed by atoms with E-state index in [1.54, 1.807) is 7.11 Å². The van der Waals surface area contributed by atoms with Gasteiger partial charge in [0.05, 0.1) is 18.3 Å². The van der Waals surface area contributed by atoms with Gasteiger partial charge in [0.2, 0.25) is 0 Å². The molecule has 1 aromatic heterocycles. The number of nitrogens with zero attached hydrogens (tertiary/aromatic N) is 2. The molecular weight excluding hydrogens is 358 g/mol. The van der Waals surface area contributed by atoms with E-state index in [0.29, 0.717) is 12.0 Å². The Hall–Kier alpha value is -1.52. The fourth-order valence-electron chi connectivity index (χ4n) is 3.48. The third kappa shape index (κ3) is 7.19. The summed E-state index contributed by atoms with van der Waals surface area (Å²) in [6, 6.07) is 8.77. The van der Waals surface area contributed by atoms with Crippen LogP contribution >= 0.6 is 12.4 Å². The van der Waals surface area contributed by atoms with Crippen LogP contribution in [-0.2, 0) is 0 Å². The van der Waals surface area contributed by atoms with Crippen LogP contribution in [0.25, 0.3) is 10.9 Å². The summed E-state index contributed by atoms with van der Waals surface area (Å²) in [5.41, 5.74) is 2.06. The first-order valence-corrected chi connectivity index (χ1v) is 9.95. The van der Waals surface area contributed by atoms with Gasteiger partial charge in [-0.1, -0.05) is 33.3 Å². The van der Waals surface area contributed by atoms with Crippen LogP contribution in [0.1, 0.15) is 47.0 Å². The number of hydrogen-bond acceptors (Lipinski definition) is 4. The summed E-state index contributed by atoms with van der Waals surface area (Å²) in [5.74, 6) is 1.57. The molecule has 1 heterocycles. The zero-order valence-electron chi connectivity index (χ0n) is 17.5. The van der Waals surface area contributed by atoms with Crippen LogP contribution in [0.4, 0.5) is 5.69 Å². The highest BCUT2D eigenvalue weighted by Crippen LogP contribution is 2.27. The molecule has 0 aliphatic rings. The van der Waals surface area contributed by atoms with Gasteiger partial charge >= 0.3 is 0 Å². The van der Waals surface area contributed by atoms with Crippen LogP contribution in [0.15, 0.2) is 30.5 Å². The maximum atomic E-state index is 5.43. The molecule has 2 rings (SSSR count). The van der Waals surface area contributed by atoms with Gasteiger partial charge in [0.15, 0.2) is 0 Å². The quantitative estimate of drug-likeness (QED) is 0.503. The summed E-state index contributed by atoms with van der Waals surface area (Å²) < 4.78 is 5.43. The first-order valence-electron chi connectivity index (χ1n) is 9.95. The van der Waals surface area contributed by atoms with Crippen LogP contribution in [0.5, 0.6) is 5.75 Å². The summed E-state index contributed by atoms with van der Waals surface area (Å²) in [6.07, 6.45) is 5.48. The molecule has 152 valence electrons. The van der Waals surface area contributed by atoms with Crippen LogP contribution in [0, 0.1) is 5.92 Å². The number of halogens is 1. The number of nitrogens with one attached hydrogen (secondary N) is 1. The van der Waals surface area contributed by atoms with Crippen molar-refractivity contribution < 1.29 is 4.74 Å². The summed E-state index contributed by atoms with van der Waals surface area (Å²) in [4.78, 5) is 7.17. The van der Waals surface area contributed by atoms with Gasteiger partial charge in [0, 0.05) is 43.3 Å². The van der Waals surface area contributed by atoms with E-state index >= 15 is 0 Å². The van der Waals surface area contributed by atoms with Gasteiger partial charge in [-0.2, -0.15) is 0 Å². The van der Waals surface area contributed by atoms with E-state index in [1.807, 2.05) is 24.4 Å². The number of ether oxygens (including phenoxy) is 1. The van der Waals surface area contributed by atoms with Crippen LogP contribution in [-0.4, -0.2) is 42.7 Å². The van der Waals surface area contributed by atoms with Gasteiger partial charge in [0.1, 0.15) is 5.75 Å². The molecule has 1 unspecified atom stereocenters. The Bertz CT molecular complexity index is 678. The van der Waals surface area contributed by atoms with Crippen molar-refractivity contribution in [3.05, 3.63) is 30.5 Å². The number of pyridine rings is 1. The van der Waals surface area contributed by atoms with E-state index < -0.39 is 0 Å². The smallest absolute Gasteiger partial charge is 0.121 e. The summed E-state index contributed by atoms with van der Waals surface area (Å²) in [6.45, 7) is 12.5. The van der Waals surface area contributed by atoms with Crippen molar-refractivity contribution in [3.8, 4) is 5.75 Å². The highest BCUT2D eigenvalue weighted by molar-refractivity contribution is 5.91. The Labute approximate surface area is 171 Å². The molecule has 0 spiro atoms. The van der Waals surface area contributed by atoms with Crippen molar-refractivity contribution in [2.75, 3.05) is 32.1 Å². The molecule has 1 N–H and O–H groups in total. The van der Waals surface area contributed by atoms with Gasteiger partial charge in [0.25, 0.3) is 0 Å². The number of benzene rings is 1. The predicted octanol–water partition coefficient (Wildman–Crippen LogP) is 5.61. The van der Waals surface area contributed by atoms with Crippen molar-refractivity contribution in [1.82, 2.24) is 9.88 Å². The normalized spacial score (nSPS) is 12.3. The van der Waals surface area contributed by atoms with E-state index in [4.69, 9.17) is 4.74 Å². The fourth-order valence-corrected chi connectivity index (χ4v) is 3.48. The number of hydrogen-bond donors (Lipinski definition) is 1. The van der Waals surface area contributed by atoms with Gasteiger partial charge in [-0.25, -0.2) is 0 Å². The summed E-state index contributed by atoms with van der Waals surface area (Å²) in [7, 11) is 1.71. The number of fused-ring (bicyclic) bond motifs is 1. The third-order valence-corrected chi connectivity index (χ3v) is 4.78. The fraction of sp³-hybridized carbons (Fsp3) is 0.591. The van der Waals surface area contributed by atoms with Crippen molar-refractivity contribution >= 4 is 29.0 Å². The highest BCUT2D eigenvalue weighted by Gasteiger charge is 2.14. The molecule has 27 heavy (non-hydrogen) atoms. The zero-order valence-corrected chi connectivity index (χ0v) is 18.3. The van der Waals surface area contributed by atoms with E-state index in [2.05, 4.69) is 49.0 Å². The van der Waals surface area contributed by atoms with E-state index in [0.717, 1.165) is 41.9 Å². The average Bonchev–Trinajstić information content (AvgIpc) is 2.63. The topological polar surface area (TPSA) is 37.4 Å². The van der Waals surface area contributed by atoms with E-state index in [9.17, 15) is 0 Å². The first-order chi connectivity index (χ1) is 12.5. The Morgan fingerprint density at radius 2 is 2.00 bits per heavy atom. The minimum absolute atomic E-state index is 0. The minimum Gasteiger partial charge on any atom is -0.497 e. The molecular formula is C22H36ClN3O. The lowest BCUT2D eigenvalue weighted by molar-refractivity contribution is 0.177. The van der Waals surface area contributed by atoms with Crippen LogP contribution in [0.3, 0.4) is 0 Å². The second kappa shape index (κ2) is 12.0. The van der Waals surface area contributed by atoms with Crippen LogP contribution in [0.2, 0.25) is 0 Å². The first kappa shape index (κ1) is 23.5. The lowest BCUT2D eigenvalue weighted by atomic mass is 10.1. The Morgan fingerprint density at radius 3 is 2.67 bits per heavy atom. The Kier molecular flexibility index (Phi) is 10.5. The second-order valence-corrected chi connectivity index (χ2v) is 7.56. The van der Waals surface area contributed by atoms with Crippen molar-refractivity contribution in [1.29, 1.82) is 0 Å². The molecule has 0 bridgehead atoms. The van der Waals surface area contributed by atoms with E-state index in [-0.39, 0.29) is 12.4 Å². The molecule has 1 aromatic carbocycles. The molecule has 0 radical (unpaired) electrons. The minimum atomic E-state index is 0. The second-order valence-electron chi connectivity index (χ2n) is 7.56. The zero-order chi connectivity index (χ0) is 18.9. The molecule has 4 nitrogen and oxygen atoms in total. The summed E-state index contributed by atoms with van der Waals surface area (Å²) >= 11 is 0. The number of methoxy groups -OCH3 is 1. The lowest BCUT2D eigenvalue weighted by Gasteiger charge is -2.30. The molecule has 0 aliphatic heterocycles.